The number of nitriles is 1. The highest BCUT2D eigenvalue weighted by Crippen LogP contribution is 2.61. The molecule has 0 aromatic heterocycles. The lowest BCUT2D eigenvalue weighted by Crippen LogP contribution is -2.40. The van der Waals surface area contributed by atoms with Gasteiger partial charge in [-0.05, 0) is 44.9 Å². The number of benzene rings is 1. The van der Waals surface area contributed by atoms with Gasteiger partial charge in [0.15, 0.2) is 0 Å². The Morgan fingerprint density at radius 1 is 1.15 bits per heavy atom. The van der Waals surface area contributed by atoms with Crippen LogP contribution in [0.3, 0.4) is 0 Å². The molecule has 0 spiro atoms. The van der Waals surface area contributed by atoms with Crippen LogP contribution in [0.1, 0.15) is 37.8 Å². The van der Waals surface area contributed by atoms with Gasteiger partial charge in [0.1, 0.15) is 0 Å². The predicted molar refractivity (Wildman–Crippen MR) is 82.8 cm³/mol. The molecule has 3 heterocycles. The topological polar surface area (TPSA) is 70.4 Å². The van der Waals surface area contributed by atoms with Crippen LogP contribution in [0.2, 0.25) is 0 Å². The third-order valence-electron chi connectivity index (χ3n) is 5.89. The molecular formula is C18H15F3N2O3. The molecule has 3 aliphatic rings. The van der Waals surface area contributed by atoms with E-state index >= 15 is 0 Å². The van der Waals surface area contributed by atoms with E-state index in [0.29, 0.717) is 18.9 Å². The van der Waals surface area contributed by atoms with Crippen molar-refractivity contribution < 1.29 is 27.5 Å². The molecule has 3 saturated heterocycles. The monoisotopic (exact) mass is 364 g/mol. The van der Waals surface area contributed by atoms with Crippen molar-refractivity contribution in [2.75, 3.05) is 4.90 Å². The largest absolute Gasteiger partial charge is 0.417 e. The van der Waals surface area contributed by atoms with E-state index < -0.39 is 52.2 Å². The minimum atomic E-state index is -4.76. The minimum Gasteiger partial charge on any atom is -0.367 e. The maximum absolute atomic E-state index is 13.2. The maximum atomic E-state index is 13.2. The third-order valence-corrected chi connectivity index (χ3v) is 5.89. The summed E-state index contributed by atoms with van der Waals surface area (Å²) >= 11 is 0. The van der Waals surface area contributed by atoms with Crippen molar-refractivity contribution in [3.05, 3.63) is 29.3 Å². The summed E-state index contributed by atoms with van der Waals surface area (Å²) in [6, 6.07) is 4.38. The van der Waals surface area contributed by atoms with Gasteiger partial charge in [-0.2, -0.15) is 18.4 Å². The summed E-state index contributed by atoms with van der Waals surface area (Å²) in [5.41, 5.74) is -3.43. The first kappa shape index (κ1) is 17.0. The number of alkyl halides is 3. The molecule has 26 heavy (non-hydrogen) atoms. The second-order valence-corrected chi connectivity index (χ2v) is 7.53. The zero-order valence-electron chi connectivity index (χ0n) is 14.1. The smallest absolute Gasteiger partial charge is 0.367 e. The number of nitrogens with zero attached hydrogens (tertiary/aromatic N) is 2. The number of fused-ring (bicyclic) bond motifs is 5. The highest BCUT2D eigenvalue weighted by molar-refractivity contribution is 6.23. The molecule has 2 bridgehead atoms. The zero-order chi connectivity index (χ0) is 19.1. The first-order chi connectivity index (χ1) is 12.0. The molecule has 2 amide bonds. The molecular weight excluding hydrogens is 349 g/mol. The van der Waals surface area contributed by atoms with Crippen LogP contribution in [-0.2, 0) is 20.5 Å². The number of rotatable bonds is 1. The Labute approximate surface area is 147 Å². The van der Waals surface area contributed by atoms with Crippen LogP contribution in [0.5, 0.6) is 0 Å². The number of halogens is 3. The van der Waals surface area contributed by atoms with Crippen LogP contribution in [0.4, 0.5) is 18.9 Å². The van der Waals surface area contributed by atoms with Crippen molar-refractivity contribution in [3.63, 3.8) is 0 Å². The summed E-state index contributed by atoms with van der Waals surface area (Å²) in [6.07, 6.45) is -3.51. The molecule has 8 heteroatoms. The average molecular weight is 364 g/mol. The van der Waals surface area contributed by atoms with E-state index in [-0.39, 0.29) is 5.69 Å². The summed E-state index contributed by atoms with van der Waals surface area (Å²) in [7, 11) is 0. The van der Waals surface area contributed by atoms with Gasteiger partial charge in [0.2, 0.25) is 11.8 Å². The SMILES string of the molecule is C[C@]12CC[C@](C)(O1)C1C(=O)N(c3ccc(C#N)c(C(F)(F)F)c3)C(=O)C12. The minimum absolute atomic E-state index is 0.160. The van der Waals surface area contributed by atoms with E-state index in [0.717, 1.165) is 11.0 Å². The maximum Gasteiger partial charge on any atom is 0.417 e. The Bertz CT molecular complexity index is 857. The number of imide groups is 1. The lowest BCUT2D eigenvalue weighted by molar-refractivity contribution is -0.138. The standard InChI is InChI=1S/C18H15F3N2O3/c1-16-5-6-17(2,26-16)13-12(16)14(24)23(15(13)25)10-4-3-9(8-22)11(7-10)18(19,20)21/h3-4,7,12-13H,5-6H2,1-2H3/t12?,13?,16-,17+. The van der Waals surface area contributed by atoms with Gasteiger partial charge in [-0.1, -0.05) is 0 Å². The molecule has 3 aliphatic heterocycles. The number of anilines is 1. The first-order valence-corrected chi connectivity index (χ1v) is 8.21. The Morgan fingerprint density at radius 2 is 1.69 bits per heavy atom. The van der Waals surface area contributed by atoms with E-state index in [1.807, 2.05) is 0 Å². The average Bonchev–Trinajstić information content (AvgIpc) is 3.10. The van der Waals surface area contributed by atoms with Crippen LogP contribution in [0, 0.1) is 23.2 Å². The normalized spacial score (nSPS) is 35.8. The van der Waals surface area contributed by atoms with Gasteiger partial charge < -0.3 is 4.74 Å². The quantitative estimate of drug-likeness (QED) is 0.718. The van der Waals surface area contributed by atoms with Crippen LogP contribution in [0.25, 0.3) is 0 Å². The number of carbonyl (C=O) groups excluding carboxylic acids is 2. The van der Waals surface area contributed by atoms with Crippen LogP contribution < -0.4 is 4.90 Å². The predicted octanol–water partition coefficient (Wildman–Crippen LogP) is 3.02. The lowest BCUT2D eigenvalue weighted by atomic mass is 9.69. The molecule has 0 saturated carbocycles. The third kappa shape index (κ3) is 2.01. The molecule has 5 nitrogen and oxygen atoms in total. The van der Waals surface area contributed by atoms with E-state index in [2.05, 4.69) is 0 Å². The Balaban J connectivity index is 1.80. The van der Waals surface area contributed by atoms with Gasteiger partial charge >= 0.3 is 6.18 Å². The lowest BCUT2D eigenvalue weighted by Gasteiger charge is -2.27. The second-order valence-electron chi connectivity index (χ2n) is 7.53. The van der Waals surface area contributed by atoms with Gasteiger partial charge in [0.25, 0.3) is 0 Å². The number of ether oxygens (including phenoxy) is 1. The highest BCUT2D eigenvalue weighted by Gasteiger charge is 2.72. The van der Waals surface area contributed by atoms with Crippen molar-refractivity contribution in [2.45, 2.75) is 44.1 Å². The molecule has 136 valence electrons. The molecule has 1 aromatic carbocycles. The van der Waals surface area contributed by atoms with Gasteiger partial charge in [-0.15, -0.1) is 0 Å². The van der Waals surface area contributed by atoms with Gasteiger partial charge in [0.05, 0.1) is 45.9 Å². The molecule has 2 unspecified atom stereocenters. The fourth-order valence-electron chi connectivity index (χ4n) is 4.73. The molecule has 4 atom stereocenters. The fraction of sp³-hybridized carbons (Fsp3) is 0.500. The Hall–Kier alpha value is -2.40. The number of carbonyl (C=O) groups is 2. The van der Waals surface area contributed by atoms with Crippen molar-refractivity contribution in [3.8, 4) is 6.07 Å². The number of amides is 2. The molecule has 4 rings (SSSR count). The second kappa shape index (κ2) is 4.86. The van der Waals surface area contributed by atoms with Crippen molar-refractivity contribution in [1.82, 2.24) is 0 Å². The first-order valence-electron chi connectivity index (χ1n) is 8.21. The van der Waals surface area contributed by atoms with Gasteiger partial charge in [-0.25, -0.2) is 4.90 Å². The summed E-state index contributed by atoms with van der Waals surface area (Å²) in [4.78, 5) is 26.7. The van der Waals surface area contributed by atoms with E-state index in [9.17, 15) is 22.8 Å². The van der Waals surface area contributed by atoms with Crippen molar-refractivity contribution in [2.24, 2.45) is 11.8 Å². The molecule has 0 radical (unpaired) electrons. The molecule has 0 N–H and O–H groups in total. The Morgan fingerprint density at radius 3 is 2.15 bits per heavy atom. The van der Waals surface area contributed by atoms with Crippen molar-refractivity contribution >= 4 is 17.5 Å². The summed E-state index contributed by atoms with van der Waals surface area (Å²) < 4.78 is 45.6. The van der Waals surface area contributed by atoms with Crippen LogP contribution >= 0.6 is 0 Å². The van der Waals surface area contributed by atoms with E-state index in [1.54, 1.807) is 13.8 Å². The van der Waals surface area contributed by atoms with Crippen LogP contribution in [-0.4, -0.2) is 23.0 Å². The van der Waals surface area contributed by atoms with Crippen LogP contribution in [0.15, 0.2) is 18.2 Å². The molecule has 1 aromatic rings. The number of hydrogen-bond acceptors (Lipinski definition) is 4. The summed E-state index contributed by atoms with van der Waals surface area (Å²) in [5, 5.41) is 8.90. The zero-order valence-corrected chi connectivity index (χ0v) is 14.1. The van der Waals surface area contributed by atoms with E-state index in [1.165, 1.54) is 12.1 Å². The Kier molecular flexibility index (Phi) is 3.18. The summed E-state index contributed by atoms with van der Waals surface area (Å²) in [5.74, 6) is -2.47. The molecule has 3 fully saturated rings. The van der Waals surface area contributed by atoms with E-state index in [4.69, 9.17) is 10.00 Å². The van der Waals surface area contributed by atoms with Gasteiger partial charge in [0, 0.05) is 0 Å². The van der Waals surface area contributed by atoms with Gasteiger partial charge in [-0.3, -0.25) is 9.59 Å². The highest BCUT2D eigenvalue weighted by atomic mass is 19.4. The summed E-state index contributed by atoms with van der Waals surface area (Å²) in [6.45, 7) is 3.55. The fourth-order valence-corrected chi connectivity index (χ4v) is 4.73. The van der Waals surface area contributed by atoms with Crippen molar-refractivity contribution in [1.29, 1.82) is 5.26 Å². The molecule has 0 aliphatic carbocycles. The number of hydrogen-bond donors (Lipinski definition) is 0.